The fourth-order valence-electron chi connectivity index (χ4n) is 2.44. The number of amides is 2. The molecular formula is C21H25BrN2O3. The van der Waals surface area contributed by atoms with Crippen LogP contribution in [0, 0.1) is 0 Å². The molecule has 6 heteroatoms. The molecule has 0 aliphatic carbocycles. The van der Waals surface area contributed by atoms with Crippen molar-refractivity contribution in [2.24, 2.45) is 0 Å². The lowest BCUT2D eigenvalue weighted by atomic mass is 9.87. The number of rotatable bonds is 5. The molecule has 0 radical (unpaired) electrons. The molecule has 0 aromatic heterocycles. The summed E-state index contributed by atoms with van der Waals surface area (Å²) in [7, 11) is 0. The van der Waals surface area contributed by atoms with Crippen molar-refractivity contribution in [3.05, 3.63) is 52.5 Å². The molecule has 5 nitrogen and oxygen atoms in total. The third-order valence-electron chi connectivity index (χ3n) is 3.95. The van der Waals surface area contributed by atoms with Gasteiger partial charge >= 0.3 is 0 Å². The molecule has 2 amide bonds. The Morgan fingerprint density at radius 1 is 1.00 bits per heavy atom. The Morgan fingerprint density at radius 2 is 1.63 bits per heavy atom. The standard InChI is InChI=1S/C21H25BrN2O3/c1-13(27-17-9-6-15(7-10-17)21(3,4)5)20(26)24-19-12-16(22)8-11-18(19)23-14(2)25/h6-13H,1-5H3,(H,23,25)(H,24,26). The first-order valence-corrected chi connectivity index (χ1v) is 9.51. The topological polar surface area (TPSA) is 67.4 Å². The number of carbonyl (C=O) groups excluding carboxylic acids is 2. The number of ether oxygens (including phenoxy) is 1. The lowest BCUT2D eigenvalue weighted by molar-refractivity contribution is -0.122. The third-order valence-corrected chi connectivity index (χ3v) is 4.45. The number of benzene rings is 2. The van der Waals surface area contributed by atoms with Crippen molar-refractivity contribution < 1.29 is 14.3 Å². The van der Waals surface area contributed by atoms with Crippen LogP contribution in [0.1, 0.15) is 40.2 Å². The highest BCUT2D eigenvalue weighted by Crippen LogP contribution is 2.27. The number of nitrogens with one attached hydrogen (secondary N) is 2. The predicted octanol–water partition coefficient (Wildman–Crippen LogP) is 5.11. The fraction of sp³-hybridized carbons (Fsp3) is 0.333. The summed E-state index contributed by atoms with van der Waals surface area (Å²) in [4.78, 5) is 23.9. The van der Waals surface area contributed by atoms with Crippen LogP contribution >= 0.6 is 15.9 Å². The van der Waals surface area contributed by atoms with E-state index in [1.165, 1.54) is 12.5 Å². The Balaban J connectivity index is 2.08. The number of anilines is 2. The highest BCUT2D eigenvalue weighted by atomic mass is 79.9. The quantitative estimate of drug-likeness (QED) is 0.689. The summed E-state index contributed by atoms with van der Waals surface area (Å²) in [6, 6.07) is 13.0. The predicted molar refractivity (Wildman–Crippen MR) is 112 cm³/mol. The maximum absolute atomic E-state index is 12.5. The van der Waals surface area contributed by atoms with Crippen LogP contribution < -0.4 is 15.4 Å². The van der Waals surface area contributed by atoms with Crippen LogP contribution in [-0.2, 0) is 15.0 Å². The summed E-state index contributed by atoms with van der Waals surface area (Å²) in [6.45, 7) is 9.53. The zero-order valence-electron chi connectivity index (χ0n) is 16.2. The molecule has 0 saturated carbocycles. The van der Waals surface area contributed by atoms with E-state index in [1.54, 1.807) is 25.1 Å². The first-order valence-electron chi connectivity index (χ1n) is 8.71. The van der Waals surface area contributed by atoms with E-state index in [0.29, 0.717) is 17.1 Å². The Labute approximate surface area is 168 Å². The van der Waals surface area contributed by atoms with E-state index < -0.39 is 6.10 Å². The minimum Gasteiger partial charge on any atom is -0.481 e. The van der Waals surface area contributed by atoms with E-state index in [-0.39, 0.29) is 17.2 Å². The zero-order chi connectivity index (χ0) is 20.2. The maximum Gasteiger partial charge on any atom is 0.265 e. The van der Waals surface area contributed by atoms with Gasteiger partial charge in [-0.25, -0.2) is 0 Å². The van der Waals surface area contributed by atoms with Crippen LogP contribution in [0.4, 0.5) is 11.4 Å². The van der Waals surface area contributed by atoms with Gasteiger partial charge in [0.1, 0.15) is 5.75 Å². The van der Waals surface area contributed by atoms with E-state index in [1.807, 2.05) is 24.3 Å². The van der Waals surface area contributed by atoms with Gasteiger partial charge in [-0.15, -0.1) is 0 Å². The smallest absolute Gasteiger partial charge is 0.265 e. The van der Waals surface area contributed by atoms with Gasteiger partial charge in [-0.2, -0.15) is 0 Å². The zero-order valence-corrected chi connectivity index (χ0v) is 17.8. The first kappa shape index (κ1) is 21.0. The Kier molecular flexibility index (Phi) is 6.65. The normalized spacial score (nSPS) is 12.2. The van der Waals surface area contributed by atoms with Crippen molar-refractivity contribution in [1.29, 1.82) is 0 Å². The largest absolute Gasteiger partial charge is 0.481 e. The molecule has 0 aliphatic rings. The molecule has 1 atom stereocenters. The summed E-state index contributed by atoms with van der Waals surface area (Å²) in [6.07, 6.45) is -0.699. The molecule has 0 fully saturated rings. The van der Waals surface area contributed by atoms with E-state index in [0.717, 1.165) is 4.47 Å². The second kappa shape index (κ2) is 8.57. The van der Waals surface area contributed by atoms with Crippen LogP contribution in [0.3, 0.4) is 0 Å². The van der Waals surface area contributed by atoms with Gasteiger partial charge in [0.15, 0.2) is 6.10 Å². The Hall–Kier alpha value is -2.34. The molecule has 0 saturated heterocycles. The SMILES string of the molecule is CC(=O)Nc1ccc(Br)cc1NC(=O)C(C)Oc1ccc(C(C)(C)C)cc1. The van der Waals surface area contributed by atoms with Gasteiger partial charge in [0, 0.05) is 11.4 Å². The molecule has 0 aliphatic heterocycles. The monoisotopic (exact) mass is 432 g/mol. The molecule has 0 bridgehead atoms. The van der Waals surface area contributed by atoms with Crippen LogP contribution in [0.25, 0.3) is 0 Å². The van der Waals surface area contributed by atoms with Crippen molar-refractivity contribution in [2.45, 2.75) is 46.1 Å². The number of hydrogen-bond acceptors (Lipinski definition) is 3. The van der Waals surface area contributed by atoms with Crippen LogP contribution in [0.15, 0.2) is 46.9 Å². The summed E-state index contributed by atoms with van der Waals surface area (Å²) in [5.74, 6) is 0.109. The minimum absolute atomic E-state index is 0.0579. The lowest BCUT2D eigenvalue weighted by Gasteiger charge is -2.20. The van der Waals surface area contributed by atoms with Crippen LogP contribution in [0.5, 0.6) is 5.75 Å². The fourth-order valence-corrected chi connectivity index (χ4v) is 2.81. The molecule has 2 aromatic rings. The van der Waals surface area contributed by atoms with Gasteiger partial charge in [0.05, 0.1) is 11.4 Å². The Bertz CT molecular complexity index is 826. The second-order valence-electron chi connectivity index (χ2n) is 7.39. The molecule has 1 unspecified atom stereocenters. The number of carbonyl (C=O) groups is 2. The van der Waals surface area contributed by atoms with Crippen LogP contribution in [-0.4, -0.2) is 17.9 Å². The molecule has 2 rings (SSSR count). The second-order valence-corrected chi connectivity index (χ2v) is 8.31. The minimum atomic E-state index is -0.699. The number of hydrogen-bond donors (Lipinski definition) is 2. The highest BCUT2D eigenvalue weighted by Gasteiger charge is 2.18. The molecular weight excluding hydrogens is 408 g/mol. The average Bonchev–Trinajstić information content (AvgIpc) is 2.56. The van der Waals surface area contributed by atoms with Gasteiger partial charge in [0.2, 0.25) is 5.91 Å². The van der Waals surface area contributed by atoms with Crippen molar-refractivity contribution >= 4 is 39.1 Å². The van der Waals surface area contributed by atoms with Gasteiger partial charge in [-0.1, -0.05) is 48.8 Å². The van der Waals surface area contributed by atoms with E-state index in [9.17, 15) is 9.59 Å². The average molecular weight is 433 g/mol. The maximum atomic E-state index is 12.5. The molecule has 27 heavy (non-hydrogen) atoms. The van der Waals surface area contributed by atoms with Crippen molar-refractivity contribution in [1.82, 2.24) is 0 Å². The molecule has 2 N–H and O–H groups in total. The first-order chi connectivity index (χ1) is 12.6. The van der Waals surface area contributed by atoms with Crippen molar-refractivity contribution in [3.8, 4) is 5.75 Å². The summed E-state index contributed by atoms with van der Waals surface area (Å²) in [5, 5.41) is 5.50. The molecule has 2 aromatic carbocycles. The van der Waals surface area contributed by atoms with Gasteiger partial charge in [-0.3, -0.25) is 9.59 Å². The Morgan fingerprint density at radius 3 is 2.19 bits per heavy atom. The summed E-state index contributed by atoms with van der Waals surface area (Å²) < 4.78 is 6.55. The van der Waals surface area contributed by atoms with Crippen molar-refractivity contribution in [2.75, 3.05) is 10.6 Å². The highest BCUT2D eigenvalue weighted by molar-refractivity contribution is 9.10. The molecule has 0 spiro atoms. The summed E-state index contributed by atoms with van der Waals surface area (Å²) in [5.41, 5.74) is 2.28. The van der Waals surface area contributed by atoms with E-state index in [4.69, 9.17) is 4.74 Å². The van der Waals surface area contributed by atoms with E-state index >= 15 is 0 Å². The van der Waals surface area contributed by atoms with Crippen molar-refractivity contribution in [3.63, 3.8) is 0 Å². The van der Waals surface area contributed by atoms with Gasteiger partial charge < -0.3 is 15.4 Å². The van der Waals surface area contributed by atoms with Crippen LogP contribution in [0.2, 0.25) is 0 Å². The van der Waals surface area contributed by atoms with Gasteiger partial charge in [-0.05, 0) is 48.2 Å². The third kappa shape index (κ3) is 6.10. The molecule has 0 heterocycles. The lowest BCUT2D eigenvalue weighted by Crippen LogP contribution is -2.30. The van der Waals surface area contributed by atoms with E-state index in [2.05, 4.69) is 47.3 Å². The van der Waals surface area contributed by atoms with Gasteiger partial charge in [0.25, 0.3) is 5.91 Å². The molecule has 144 valence electrons. The summed E-state index contributed by atoms with van der Waals surface area (Å²) >= 11 is 3.37. The number of halogens is 1.